The highest BCUT2D eigenvalue weighted by atomic mass is 79.9. The number of aryl methyl sites for hydroxylation is 1. The number of halogens is 4. The third-order valence-corrected chi connectivity index (χ3v) is 8.17. The Morgan fingerprint density at radius 1 is 1.19 bits per heavy atom. The van der Waals surface area contributed by atoms with Crippen molar-refractivity contribution in [2.45, 2.75) is 58.4 Å². The van der Waals surface area contributed by atoms with Crippen LogP contribution in [0.2, 0.25) is 0 Å². The molecule has 0 bridgehead atoms. The summed E-state index contributed by atoms with van der Waals surface area (Å²) in [6.45, 7) is 11.2. The van der Waals surface area contributed by atoms with E-state index in [1.807, 2.05) is 32.9 Å². The van der Waals surface area contributed by atoms with Crippen LogP contribution in [0.5, 0.6) is 0 Å². The van der Waals surface area contributed by atoms with Gasteiger partial charge in [-0.2, -0.15) is 13.2 Å². The highest BCUT2D eigenvalue weighted by molar-refractivity contribution is 9.10. The summed E-state index contributed by atoms with van der Waals surface area (Å²) in [4.78, 5) is 33.8. The van der Waals surface area contributed by atoms with Crippen LogP contribution in [0, 0.1) is 6.92 Å². The summed E-state index contributed by atoms with van der Waals surface area (Å²) >= 11 is 2.92. The maximum absolute atomic E-state index is 14.1. The minimum atomic E-state index is -4.63. The van der Waals surface area contributed by atoms with E-state index in [1.54, 1.807) is 25.1 Å². The molecular weight excluding hydrogens is 627 g/mol. The molecule has 224 valence electrons. The van der Waals surface area contributed by atoms with Gasteiger partial charge in [0.1, 0.15) is 0 Å². The number of benzene rings is 2. The van der Waals surface area contributed by atoms with E-state index in [0.717, 1.165) is 23.0 Å². The Labute approximate surface area is 254 Å². The van der Waals surface area contributed by atoms with Crippen LogP contribution in [0.1, 0.15) is 53.6 Å². The van der Waals surface area contributed by atoms with Gasteiger partial charge in [0.05, 0.1) is 40.4 Å². The van der Waals surface area contributed by atoms with Gasteiger partial charge in [-0.1, -0.05) is 39.4 Å². The molecular formula is C30H29BrF3N7O2. The lowest BCUT2D eigenvalue weighted by atomic mass is 9.98. The Hall–Kier alpha value is -4.26. The number of rotatable bonds is 6. The molecule has 0 radical (unpaired) electrons. The second-order valence-corrected chi connectivity index (χ2v) is 11.9. The predicted molar refractivity (Wildman–Crippen MR) is 160 cm³/mol. The van der Waals surface area contributed by atoms with Crippen LogP contribution in [0.3, 0.4) is 0 Å². The van der Waals surface area contributed by atoms with Crippen molar-refractivity contribution in [2.24, 2.45) is 0 Å². The van der Waals surface area contributed by atoms with Crippen LogP contribution in [0.25, 0.3) is 16.9 Å². The number of carbonyl (C=O) groups is 1. The van der Waals surface area contributed by atoms with E-state index in [1.165, 1.54) is 21.6 Å². The first-order valence-corrected chi connectivity index (χ1v) is 14.2. The van der Waals surface area contributed by atoms with Gasteiger partial charge in [0, 0.05) is 27.2 Å². The highest BCUT2D eigenvalue weighted by Gasteiger charge is 2.36. The Balaban J connectivity index is 1.56. The molecule has 0 fully saturated rings. The normalized spacial score (nSPS) is 15.3. The van der Waals surface area contributed by atoms with Gasteiger partial charge in [0.25, 0.3) is 11.5 Å². The molecule has 4 aromatic rings. The summed E-state index contributed by atoms with van der Waals surface area (Å²) in [7, 11) is 0. The molecule has 0 aliphatic carbocycles. The Bertz CT molecular complexity index is 1780. The third kappa shape index (κ3) is 5.85. The molecule has 2 aromatic heterocycles. The number of nitrogens with zero attached hydrogens (tertiary/aromatic N) is 5. The molecule has 2 N–H and O–H groups in total. The number of hydrogen-bond acceptors (Lipinski definition) is 6. The predicted octanol–water partition coefficient (Wildman–Crippen LogP) is 6.07. The number of amides is 1. The number of fused-ring (bicyclic) bond motifs is 1. The van der Waals surface area contributed by atoms with Crippen LogP contribution in [0.15, 0.2) is 64.4 Å². The monoisotopic (exact) mass is 655 g/mol. The van der Waals surface area contributed by atoms with E-state index in [4.69, 9.17) is 4.98 Å². The summed E-state index contributed by atoms with van der Waals surface area (Å²) in [6.07, 6.45) is -2.77. The van der Waals surface area contributed by atoms with E-state index < -0.39 is 29.2 Å². The minimum Gasteiger partial charge on any atom is -0.347 e. The Morgan fingerprint density at radius 3 is 2.49 bits per heavy atom. The topological polar surface area (TPSA) is 109 Å². The van der Waals surface area contributed by atoms with Gasteiger partial charge in [-0.05, 0) is 64.4 Å². The molecule has 13 heteroatoms. The number of aromatic nitrogens is 5. The molecule has 0 saturated heterocycles. The average Bonchev–Trinajstić information content (AvgIpc) is 3.38. The van der Waals surface area contributed by atoms with Crippen molar-refractivity contribution in [1.29, 1.82) is 0 Å². The first-order chi connectivity index (χ1) is 20.2. The molecule has 3 heterocycles. The number of anilines is 1. The molecule has 2 aromatic carbocycles. The fourth-order valence-corrected chi connectivity index (χ4v) is 5.44. The maximum atomic E-state index is 14.1. The zero-order chi connectivity index (χ0) is 31.3. The van der Waals surface area contributed by atoms with Crippen molar-refractivity contribution in [1.82, 2.24) is 29.9 Å². The molecule has 0 spiro atoms. The first-order valence-electron chi connectivity index (χ1n) is 13.4. The molecule has 1 aliphatic heterocycles. The van der Waals surface area contributed by atoms with Crippen LogP contribution in [0.4, 0.5) is 19.1 Å². The number of aromatic amines is 1. The van der Waals surface area contributed by atoms with E-state index in [-0.39, 0.29) is 34.5 Å². The molecule has 1 amide bonds. The van der Waals surface area contributed by atoms with Crippen molar-refractivity contribution >= 4 is 27.8 Å². The molecule has 1 aliphatic rings. The summed E-state index contributed by atoms with van der Waals surface area (Å²) < 4.78 is 41.9. The van der Waals surface area contributed by atoms with Crippen molar-refractivity contribution in [3.63, 3.8) is 0 Å². The van der Waals surface area contributed by atoms with Gasteiger partial charge in [0.15, 0.2) is 0 Å². The third-order valence-electron chi connectivity index (χ3n) is 7.48. The van der Waals surface area contributed by atoms with Gasteiger partial charge >= 0.3 is 6.18 Å². The van der Waals surface area contributed by atoms with Gasteiger partial charge in [-0.15, -0.1) is 11.7 Å². The number of hydrogen-bond donors (Lipinski definition) is 2. The summed E-state index contributed by atoms with van der Waals surface area (Å²) in [5.74, 6) is -0.340. The fourth-order valence-electron chi connectivity index (χ4n) is 4.97. The first kappa shape index (κ1) is 30.2. The fraction of sp³-hybridized carbons (Fsp3) is 0.300. The summed E-state index contributed by atoms with van der Waals surface area (Å²) in [5, 5.41) is 14.0. The van der Waals surface area contributed by atoms with Crippen LogP contribution >= 0.6 is 15.9 Å². The Morgan fingerprint density at radius 2 is 1.88 bits per heavy atom. The molecule has 43 heavy (non-hydrogen) atoms. The van der Waals surface area contributed by atoms with Gasteiger partial charge in [0.2, 0.25) is 5.95 Å². The van der Waals surface area contributed by atoms with Gasteiger partial charge < -0.3 is 10.2 Å². The zero-order valence-corrected chi connectivity index (χ0v) is 25.5. The van der Waals surface area contributed by atoms with Crippen molar-refractivity contribution in [3.8, 4) is 16.9 Å². The van der Waals surface area contributed by atoms with E-state index >= 15 is 0 Å². The molecule has 1 atom stereocenters. The smallest absolute Gasteiger partial charge is 0.347 e. The molecule has 0 unspecified atom stereocenters. The largest absolute Gasteiger partial charge is 0.417 e. The van der Waals surface area contributed by atoms with Crippen LogP contribution in [-0.4, -0.2) is 47.3 Å². The standard InChI is InChI=1S/C30H29BrF3N7O2/c1-6-29(4,5)36-28-35-24-15-40(26(42)19-9-12-23(31)22(14-19)30(32,33)34)16(2)13-21(24)27(43)41(28)20-10-7-18(8-11-20)25-17(3)37-39-38-25/h6-12,14,16H,1,13,15H2,2-5H3,(H,35,36)(H,37,38,39)/t16-/m1/s1. The summed E-state index contributed by atoms with van der Waals surface area (Å²) in [6, 6.07) is 10.2. The number of carbonyl (C=O) groups excluding carboxylic acids is 1. The Kier molecular flexibility index (Phi) is 7.80. The molecule has 5 rings (SSSR count). The quantitative estimate of drug-likeness (QED) is 0.244. The van der Waals surface area contributed by atoms with E-state index in [2.05, 4.69) is 43.2 Å². The lowest BCUT2D eigenvalue weighted by Gasteiger charge is -2.35. The second-order valence-electron chi connectivity index (χ2n) is 11.0. The SMILES string of the molecule is C=CC(C)(C)Nc1nc2c(c(=O)n1-c1ccc(-c3[nH]nnc3C)cc1)C[C@@H](C)N(C(=O)c1ccc(Br)c(C(F)(F)F)c1)C2. The minimum absolute atomic E-state index is 0.0446. The van der Waals surface area contributed by atoms with Gasteiger partial charge in [-0.3, -0.25) is 14.7 Å². The zero-order valence-electron chi connectivity index (χ0n) is 23.9. The van der Waals surface area contributed by atoms with Gasteiger partial charge in [-0.25, -0.2) is 9.55 Å². The van der Waals surface area contributed by atoms with Crippen molar-refractivity contribution in [3.05, 3.63) is 98.0 Å². The maximum Gasteiger partial charge on any atom is 0.417 e. The van der Waals surface area contributed by atoms with Crippen molar-refractivity contribution in [2.75, 3.05) is 5.32 Å². The second kappa shape index (κ2) is 11.1. The molecule has 0 saturated carbocycles. The number of H-pyrrole nitrogens is 1. The number of nitrogens with one attached hydrogen (secondary N) is 2. The highest BCUT2D eigenvalue weighted by Crippen LogP contribution is 2.36. The van der Waals surface area contributed by atoms with E-state index in [9.17, 15) is 22.8 Å². The summed E-state index contributed by atoms with van der Waals surface area (Å²) in [5.41, 5.74) is 1.72. The average molecular weight is 657 g/mol. The van der Waals surface area contributed by atoms with Crippen molar-refractivity contribution < 1.29 is 18.0 Å². The van der Waals surface area contributed by atoms with Crippen LogP contribution < -0.4 is 10.9 Å². The lowest BCUT2D eigenvalue weighted by Crippen LogP contribution is -2.46. The number of alkyl halides is 3. The van der Waals surface area contributed by atoms with E-state index in [0.29, 0.717) is 16.9 Å². The lowest BCUT2D eigenvalue weighted by molar-refractivity contribution is -0.138. The van der Waals surface area contributed by atoms with Crippen LogP contribution in [-0.2, 0) is 19.1 Å². The molecule has 9 nitrogen and oxygen atoms in total.